The fourth-order valence-corrected chi connectivity index (χ4v) is 2.19. The molecule has 3 N–H and O–H groups in total. The maximum absolute atomic E-state index is 6.19. The Morgan fingerprint density at radius 2 is 2.11 bits per heavy atom. The van der Waals surface area contributed by atoms with Crippen molar-refractivity contribution in [2.75, 3.05) is 18.4 Å². The molecular formula is C13H15Cl2N3. The number of nitrogens with two attached hydrogens (primary N) is 1. The molecule has 5 heteroatoms. The zero-order chi connectivity index (χ0) is 13.1. The average Bonchev–Trinajstić information content (AvgIpc) is 2.34. The van der Waals surface area contributed by atoms with E-state index in [1.807, 2.05) is 19.1 Å². The van der Waals surface area contributed by atoms with Gasteiger partial charge in [0.2, 0.25) is 0 Å². The van der Waals surface area contributed by atoms with Crippen molar-refractivity contribution in [1.82, 2.24) is 4.98 Å². The number of nitrogens with one attached hydrogen (secondary N) is 1. The normalized spacial score (nSPS) is 10.9. The predicted octanol–water partition coefficient (Wildman–Crippen LogP) is 3.61. The number of pyridine rings is 1. The molecule has 18 heavy (non-hydrogen) atoms. The Bertz CT molecular complexity index is 570. The van der Waals surface area contributed by atoms with E-state index in [9.17, 15) is 0 Å². The largest absolute Gasteiger partial charge is 0.384 e. The van der Waals surface area contributed by atoms with Crippen molar-refractivity contribution in [1.29, 1.82) is 0 Å². The van der Waals surface area contributed by atoms with Crippen LogP contribution in [0.3, 0.4) is 0 Å². The summed E-state index contributed by atoms with van der Waals surface area (Å²) in [4.78, 5) is 4.44. The van der Waals surface area contributed by atoms with Crippen molar-refractivity contribution < 1.29 is 0 Å². The molecule has 1 aromatic heterocycles. The molecular weight excluding hydrogens is 269 g/mol. The number of rotatable bonds is 4. The number of hydrogen-bond acceptors (Lipinski definition) is 3. The van der Waals surface area contributed by atoms with Gasteiger partial charge >= 0.3 is 0 Å². The zero-order valence-electron chi connectivity index (χ0n) is 10.1. The molecule has 2 rings (SSSR count). The van der Waals surface area contributed by atoms with Crippen LogP contribution in [0.4, 0.5) is 5.69 Å². The van der Waals surface area contributed by atoms with Crippen LogP contribution >= 0.6 is 23.2 Å². The molecule has 1 heterocycles. The van der Waals surface area contributed by atoms with Gasteiger partial charge in [-0.2, -0.15) is 0 Å². The number of halogens is 2. The molecule has 3 nitrogen and oxygen atoms in total. The van der Waals surface area contributed by atoms with Crippen LogP contribution in [0.5, 0.6) is 0 Å². The van der Waals surface area contributed by atoms with E-state index in [0.29, 0.717) is 16.6 Å². The second-order valence-electron chi connectivity index (χ2n) is 4.14. The van der Waals surface area contributed by atoms with Gasteiger partial charge in [-0.05, 0) is 38.1 Å². The molecule has 0 aliphatic carbocycles. The molecule has 2 aromatic rings. The molecule has 0 unspecified atom stereocenters. The minimum atomic E-state index is 0.500. The first kappa shape index (κ1) is 13.4. The number of fused-ring (bicyclic) bond motifs is 1. The van der Waals surface area contributed by atoms with E-state index in [1.165, 1.54) is 0 Å². The SMILES string of the molecule is Cc1cc(NCCCN)c2ccc(Cl)c(Cl)c2n1. The molecule has 96 valence electrons. The lowest BCUT2D eigenvalue weighted by Gasteiger charge is -2.11. The number of benzene rings is 1. The summed E-state index contributed by atoms with van der Waals surface area (Å²) < 4.78 is 0. The highest BCUT2D eigenvalue weighted by atomic mass is 35.5. The van der Waals surface area contributed by atoms with E-state index in [-0.39, 0.29) is 0 Å². The number of aryl methyl sites for hydroxylation is 1. The van der Waals surface area contributed by atoms with Crippen LogP contribution in [0.15, 0.2) is 18.2 Å². The molecule has 0 amide bonds. The van der Waals surface area contributed by atoms with Crippen molar-refractivity contribution in [2.24, 2.45) is 5.73 Å². The summed E-state index contributed by atoms with van der Waals surface area (Å²) >= 11 is 12.2. The third-order valence-electron chi connectivity index (χ3n) is 2.70. The number of aromatic nitrogens is 1. The van der Waals surface area contributed by atoms with Crippen molar-refractivity contribution in [2.45, 2.75) is 13.3 Å². The van der Waals surface area contributed by atoms with E-state index in [4.69, 9.17) is 28.9 Å². The zero-order valence-corrected chi connectivity index (χ0v) is 11.6. The van der Waals surface area contributed by atoms with Gasteiger partial charge in [-0.15, -0.1) is 0 Å². The van der Waals surface area contributed by atoms with E-state index >= 15 is 0 Å². The van der Waals surface area contributed by atoms with Crippen molar-refractivity contribution in [3.05, 3.63) is 33.9 Å². The number of hydrogen-bond donors (Lipinski definition) is 2. The second-order valence-corrected chi connectivity index (χ2v) is 4.92. The lowest BCUT2D eigenvalue weighted by Crippen LogP contribution is -2.09. The van der Waals surface area contributed by atoms with Crippen LogP contribution in [-0.4, -0.2) is 18.1 Å². The maximum Gasteiger partial charge on any atom is 0.0927 e. The van der Waals surface area contributed by atoms with Gasteiger partial charge in [0.15, 0.2) is 0 Å². The Hall–Kier alpha value is -1.03. The quantitative estimate of drug-likeness (QED) is 0.843. The third kappa shape index (κ3) is 2.69. The molecule has 0 saturated carbocycles. The second kappa shape index (κ2) is 5.74. The molecule has 0 aliphatic heterocycles. The first-order valence-electron chi connectivity index (χ1n) is 5.83. The molecule has 1 aromatic carbocycles. The highest BCUT2D eigenvalue weighted by Gasteiger charge is 2.09. The minimum Gasteiger partial charge on any atom is -0.384 e. The van der Waals surface area contributed by atoms with E-state index in [1.54, 1.807) is 6.07 Å². The van der Waals surface area contributed by atoms with Crippen molar-refractivity contribution >= 4 is 39.8 Å². The highest BCUT2D eigenvalue weighted by Crippen LogP contribution is 2.33. The topological polar surface area (TPSA) is 50.9 Å². The van der Waals surface area contributed by atoms with Gasteiger partial charge in [-0.3, -0.25) is 4.98 Å². The smallest absolute Gasteiger partial charge is 0.0927 e. The monoisotopic (exact) mass is 283 g/mol. The Morgan fingerprint density at radius 3 is 2.83 bits per heavy atom. The van der Waals surface area contributed by atoms with Crippen LogP contribution in [0, 0.1) is 6.92 Å². The maximum atomic E-state index is 6.19. The molecule has 0 aliphatic rings. The minimum absolute atomic E-state index is 0.500. The fraction of sp³-hybridized carbons (Fsp3) is 0.308. The number of anilines is 1. The van der Waals surface area contributed by atoms with Gasteiger partial charge < -0.3 is 11.1 Å². The first-order valence-corrected chi connectivity index (χ1v) is 6.58. The molecule has 0 spiro atoms. The van der Waals surface area contributed by atoms with E-state index in [0.717, 1.165) is 35.2 Å². The summed E-state index contributed by atoms with van der Waals surface area (Å²) in [6.45, 7) is 3.43. The van der Waals surface area contributed by atoms with Gasteiger partial charge in [0.25, 0.3) is 0 Å². The van der Waals surface area contributed by atoms with Gasteiger partial charge in [0, 0.05) is 23.3 Å². The third-order valence-corrected chi connectivity index (χ3v) is 3.49. The Kier molecular flexibility index (Phi) is 4.27. The highest BCUT2D eigenvalue weighted by molar-refractivity contribution is 6.45. The predicted molar refractivity (Wildman–Crippen MR) is 78.7 cm³/mol. The summed E-state index contributed by atoms with van der Waals surface area (Å²) in [5.74, 6) is 0. The molecule has 0 saturated heterocycles. The average molecular weight is 284 g/mol. The molecule has 0 radical (unpaired) electrons. The Labute approximate surface area is 116 Å². The van der Waals surface area contributed by atoms with Crippen LogP contribution in [0.1, 0.15) is 12.1 Å². The number of nitrogens with zero attached hydrogens (tertiary/aromatic N) is 1. The summed E-state index contributed by atoms with van der Waals surface area (Å²) in [5.41, 5.74) is 8.15. The standard InChI is InChI=1S/C13H15Cl2N3/c1-8-7-11(17-6-2-5-16)9-3-4-10(14)12(15)13(9)18-8/h3-4,7H,2,5-6,16H2,1H3,(H,17,18). The van der Waals surface area contributed by atoms with Crippen LogP contribution in [0.2, 0.25) is 10.0 Å². The van der Waals surface area contributed by atoms with Crippen LogP contribution < -0.4 is 11.1 Å². The van der Waals surface area contributed by atoms with Gasteiger partial charge in [-0.1, -0.05) is 23.2 Å². The lowest BCUT2D eigenvalue weighted by molar-refractivity contribution is 0.875. The van der Waals surface area contributed by atoms with E-state index in [2.05, 4.69) is 10.3 Å². The Balaban J connectivity index is 2.49. The van der Waals surface area contributed by atoms with Gasteiger partial charge in [0.1, 0.15) is 0 Å². The van der Waals surface area contributed by atoms with Gasteiger partial charge in [-0.25, -0.2) is 0 Å². The lowest BCUT2D eigenvalue weighted by atomic mass is 10.1. The van der Waals surface area contributed by atoms with Crippen molar-refractivity contribution in [3.63, 3.8) is 0 Å². The summed E-state index contributed by atoms with van der Waals surface area (Å²) in [7, 11) is 0. The van der Waals surface area contributed by atoms with Crippen LogP contribution in [0.25, 0.3) is 10.9 Å². The van der Waals surface area contributed by atoms with Crippen LogP contribution in [-0.2, 0) is 0 Å². The fourth-order valence-electron chi connectivity index (χ4n) is 1.83. The molecule has 0 bridgehead atoms. The van der Waals surface area contributed by atoms with E-state index < -0.39 is 0 Å². The van der Waals surface area contributed by atoms with Gasteiger partial charge in [0.05, 0.1) is 15.6 Å². The Morgan fingerprint density at radius 1 is 1.33 bits per heavy atom. The molecule has 0 fully saturated rings. The first-order chi connectivity index (χ1) is 8.63. The van der Waals surface area contributed by atoms with Crippen molar-refractivity contribution in [3.8, 4) is 0 Å². The summed E-state index contributed by atoms with van der Waals surface area (Å²) in [6.07, 6.45) is 0.921. The molecule has 0 atom stereocenters. The summed E-state index contributed by atoms with van der Waals surface area (Å²) in [5, 5.41) is 5.36. The summed E-state index contributed by atoms with van der Waals surface area (Å²) in [6, 6.07) is 5.72.